The third-order valence-corrected chi connectivity index (χ3v) is 3.48. The molecule has 1 rings (SSSR count). The molecule has 0 bridgehead atoms. The monoisotopic (exact) mass is 384 g/mol. The Labute approximate surface area is 131 Å². The van der Waals surface area contributed by atoms with Crippen LogP contribution in [0.15, 0.2) is 0 Å². The van der Waals surface area contributed by atoms with Crippen molar-refractivity contribution in [2.45, 2.75) is 37.3 Å². The van der Waals surface area contributed by atoms with Crippen molar-refractivity contribution in [2.75, 3.05) is 46.0 Å². The third kappa shape index (κ3) is 9.18. The van der Waals surface area contributed by atoms with Gasteiger partial charge in [-0.2, -0.15) is 0 Å². The first-order valence-electron chi connectivity index (χ1n) is 7.37. The molecule has 1 aliphatic rings. The summed E-state index contributed by atoms with van der Waals surface area (Å²) >= 11 is 2.37. The Hall–Kier alpha value is 0.570. The summed E-state index contributed by atoms with van der Waals surface area (Å²) in [7, 11) is 0. The van der Waals surface area contributed by atoms with Crippen LogP contribution in [0.5, 0.6) is 0 Å². The fourth-order valence-electron chi connectivity index (χ4n) is 2.25. The highest BCUT2D eigenvalue weighted by Crippen LogP contribution is 2.08. The summed E-state index contributed by atoms with van der Waals surface area (Å²) in [5.41, 5.74) is 0. The van der Waals surface area contributed by atoms with Crippen LogP contribution in [0.4, 0.5) is 0 Å². The Morgan fingerprint density at radius 1 is 1.42 bits per heavy atom. The van der Waals surface area contributed by atoms with E-state index in [2.05, 4.69) is 53.6 Å². The molecule has 0 radical (unpaired) electrons. The zero-order valence-electron chi connectivity index (χ0n) is 12.5. The number of halogens is 1. The van der Waals surface area contributed by atoms with Crippen molar-refractivity contribution in [3.63, 3.8) is 0 Å². The van der Waals surface area contributed by atoms with Gasteiger partial charge in [-0.3, -0.25) is 4.90 Å². The van der Waals surface area contributed by atoms with Gasteiger partial charge in [0, 0.05) is 26.2 Å². The summed E-state index contributed by atoms with van der Waals surface area (Å²) in [5, 5.41) is 3.38. The Morgan fingerprint density at radius 3 is 2.89 bits per heavy atom. The molecule has 114 valence electrons. The Balaban J connectivity index is 2.02. The molecule has 0 aromatic heterocycles. The number of rotatable bonds is 9. The van der Waals surface area contributed by atoms with Gasteiger partial charge in [0.25, 0.3) is 0 Å². The van der Waals surface area contributed by atoms with Gasteiger partial charge in [-0.1, -0.05) is 36.4 Å². The average molecular weight is 384 g/mol. The van der Waals surface area contributed by atoms with Crippen LogP contribution in [0.3, 0.4) is 0 Å². The maximum Gasteiger partial charge on any atom is 0.0935 e. The van der Waals surface area contributed by atoms with E-state index in [9.17, 15) is 0 Å². The second-order valence-electron chi connectivity index (χ2n) is 5.64. The quantitative estimate of drug-likeness (QED) is 0.286. The molecular formula is C14H29IN2O2. The van der Waals surface area contributed by atoms with Crippen LogP contribution in [0.1, 0.15) is 27.2 Å². The van der Waals surface area contributed by atoms with Crippen molar-refractivity contribution in [2.24, 2.45) is 5.92 Å². The van der Waals surface area contributed by atoms with Gasteiger partial charge in [-0.15, -0.1) is 0 Å². The predicted octanol–water partition coefficient (Wildman–Crippen LogP) is 2.12. The average Bonchev–Trinajstić information content (AvgIpc) is 2.33. The minimum absolute atomic E-state index is 0.254. The number of hydrogen-bond donors (Lipinski definition) is 1. The fraction of sp³-hybridized carbons (Fsp3) is 1.00. The SMILES string of the molecule is CC(C)CN1CCO[C@H](COCCCNC(C)I)C1. The summed E-state index contributed by atoms with van der Waals surface area (Å²) in [5.74, 6) is 0.723. The molecule has 0 aromatic carbocycles. The lowest BCUT2D eigenvalue weighted by molar-refractivity contribution is -0.0711. The van der Waals surface area contributed by atoms with Gasteiger partial charge in [0.2, 0.25) is 0 Å². The van der Waals surface area contributed by atoms with E-state index in [1.54, 1.807) is 0 Å². The van der Waals surface area contributed by atoms with Crippen molar-refractivity contribution in [3.8, 4) is 0 Å². The predicted molar refractivity (Wildman–Crippen MR) is 87.9 cm³/mol. The molecule has 0 aromatic rings. The van der Waals surface area contributed by atoms with Gasteiger partial charge in [-0.05, 0) is 25.8 Å². The number of alkyl halides is 1. The number of nitrogens with zero attached hydrogens (tertiary/aromatic N) is 1. The number of ether oxygens (including phenoxy) is 2. The lowest BCUT2D eigenvalue weighted by atomic mass is 10.2. The second-order valence-corrected chi connectivity index (χ2v) is 7.51. The highest BCUT2D eigenvalue weighted by Gasteiger charge is 2.20. The van der Waals surface area contributed by atoms with E-state index in [1.807, 2.05) is 0 Å². The van der Waals surface area contributed by atoms with Crippen molar-refractivity contribution >= 4 is 22.6 Å². The minimum Gasteiger partial charge on any atom is -0.379 e. The first-order chi connectivity index (χ1) is 9.08. The fourth-order valence-corrected chi connectivity index (χ4v) is 2.56. The van der Waals surface area contributed by atoms with Crippen LogP contribution in [-0.2, 0) is 9.47 Å². The molecule has 1 unspecified atom stereocenters. The Morgan fingerprint density at radius 2 is 2.21 bits per heavy atom. The van der Waals surface area contributed by atoms with E-state index < -0.39 is 0 Å². The first-order valence-corrected chi connectivity index (χ1v) is 8.61. The summed E-state index contributed by atoms with van der Waals surface area (Å²) < 4.78 is 12.0. The summed E-state index contributed by atoms with van der Waals surface area (Å²) in [6.45, 7) is 13.3. The molecule has 4 nitrogen and oxygen atoms in total. The number of morpholine rings is 1. The van der Waals surface area contributed by atoms with E-state index in [-0.39, 0.29) is 6.10 Å². The molecule has 0 amide bonds. The summed E-state index contributed by atoms with van der Waals surface area (Å²) in [6, 6.07) is 0. The van der Waals surface area contributed by atoms with Gasteiger partial charge in [-0.25, -0.2) is 0 Å². The molecule has 1 heterocycles. The molecule has 1 aliphatic heterocycles. The van der Waals surface area contributed by atoms with Crippen molar-refractivity contribution in [1.82, 2.24) is 10.2 Å². The molecule has 0 spiro atoms. The number of hydrogen-bond acceptors (Lipinski definition) is 4. The summed E-state index contributed by atoms with van der Waals surface area (Å²) in [6.07, 6.45) is 1.32. The van der Waals surface area contributed by atoms with Gasteiger partial charge in [0.15, 0.2) is 0 Å². The van der Waals surface area contributed by atoms with E-state index in [0.717, 1.165) is 58.3 Å². The minimum atomic E-state index is 0.254. The highest BCUT2D eigenvalue weighted by atomic mass is 127. The van der Waals surface area contributed by atoms with Gasteiger partial charge < -0.3 is 14.8 Å². The van der Waals surface area contributed by atoms with Crippen LogP contribution in [0, 0.1) is 5.92 Å². The molecule has 1 saturated heterocycles. The standard InChI is InChI=1S/C14H29IN2O2/c1-12(2)9-17-6-8-19-14(10-17)11-18-7-4-5-16-13(3)15/h12-14,16H,4-11H2,1-3H3/t13?,14-/m0/s1. The molecule has 2 atom stereocenters. The molecule has 5 heteroatoms. The van der Waals surface area contributed by atoms with Crippen LogP contribution in [0.25, 0.3) is 0 Å². The van der Waals surface area contributed by atoms with E-state index in [1.165, 1.54) is 0 Å². The molecule has 1 N–H and O–H groups in total. The second kappa shape index (κ2) is 10.3. The van der Waals surface area contributed by atoms with E-state index in [0.29, 0.717) is 4.05 Å². The van der Waals surface area contributed by atoms with E-state index in [4.69, 9.17) is 9.47 Å². The third-order valence-electron chi connectivity index (χ3n) is 3.04. The molecule has 0 saturated carbocycles. The topological polar surface area (TPSA) is 33.7 Å². The largest absolute Gasteiger partial charge is 0.379 e. The van der Waals surface area contributed by atoms with Crippen LogP contribution >= 0.6 is 22.6 Å². The van der Waals surface area contributed by atoms with Crippen LogP contribution in [0.2, 0.25) is 0 Å². The number of nitrogens with one attached hydrogen (secondary N) is 1. The van der Waals surface area contributed by atoms with Gasteiger partial charge in [0.1, 0.15) is 0 Å². The molecular weight excluding hydrogens is 355 g/mol. The Kier molecular flexibility index (Phi) is 9.57. The normalized spacial score (nSPS) is 22.9. The maximum absolute atomic E-state index is 5.75. The molecule has 1 fully saturated rings. The zero-order valence-corrected chi connectivity index (χ0v) is 14.7. The first kappa shape index (κ1) is 17.6. The molecule has 19 heavy (non-hydrogen) atoms. The smallest absolute Gasteiger partial charge is 0.0935 e. The van der Waals surface area contributed by atoms with Crippen molar-refractivity contribution in [1.29, 1.82) is 0 Å². The van der Waals surface area contributed by atoms with Crippen LogP contribution < -0.4 is 5.32 Å². The zero-order chi connectivity index (χ0) is 14.1. The Bertz CT molecular complexity index is 227. The highest BCUT2D eigenvalue weighted by molar-refractivity contribution is 14.1. The molecule has 0 aliphatic carbocycles. The lowest BCUT2D eigenvalue weighted by Gasteiger charge is -2.33. The maximum atomic E-state index is 5.75. The van der Waals surface area contributed by atoms with E-state index >= 15 is 0 Å². The summed E-state index contributed by atoms with van der Waals surface area (Å²) in [4.78, 5) is 2.49. The lowest BCUT2D eigenvalue weighted by Crippen LogP contribution is -2.45. The van der Waals surface area contributed by atoms with Crippen molar-refractivity contribution in [3.05, 3.63) is 0 Å². The van der Waals surface area contributed by atoms with Crippen LogP contribution in [-0.4, -0.2) is 61.1 Å². The van der Waals surface area contributed by atoms with Crippen molar-refractivity contribution < 1.29 is 9.47 Å². The van der Waals surface area contributed by atoms with Gasteiger partial charge >= 0.3 is 0 Å². The van der Waals surface area contributed by atoms with Gasteiger partial charge in [0.05, 0.1) is 23.4 Å².